The van der Waals surface area contributed by atoms with Gasteiger partial charge in [-0.3, -0.25) is 9.59 Å². The molecule has 2 aromatic rings. The number of hydrogen-bond donors (Lipinski definition) is 1. The highest BCUT2D eigenvalue weighted by atomic mass is 16.5. The van der Waals surface area contributed by atoms with Crippen molar-refractivity contribution in [3.63, 3.8) is 0 Å². The van der Waals surface area contributed by atoms with Gasteiger partial charge in [-0.25, -0.2) is 4.79 Å². The van der Waals surface area contributed by atoms with Crippen molar-refractivity contribution < 1.29 is 23.5 Å². The largest absolute Gasteiger partial charge is 0.467 e. The van der Waals surface area contributed by atoms with Crippen LogP contribution in [0.4, 0.5) is 5.69 Å². The molecule has 0 aliphatic carbocycles. The quantitative estimate of drug-likeness (QED) is 0.815. The molecule has 0 aliphatic heterocycles. The lowest BCUT2D eigenvalue weighted by atomic mass is 10.1. The summed E-state index contributed by atoms with van der Waals surface area (Å²) in [5, 5.41) is 2.66. The maximum Gasteiger partial charge on any atom is 0.339 e. The Balaban J connectivity index is 2.13. The minimum absolute atomic E-state index is 0.217. The molecule has 0 atom stereocenters. The molecule has 2 amide bonds. The lowest BCUT2D eigenvalue weighted by molar-refractivity contribution is -0.123. The second-order valence-corrected chi connectivity index (χ2v) is 4.97. The average Bonchev–Trinajstić information content (AvgIpc) is 3.10. The number of anilines is 1. The van der Waals surface area contributed by atoms with Crippen molar-refractivity contribution in [1.82, 2.24) is 5.32 Å². The zero-order chi connectivity index (χ0) is 17.5. The first-order valence-electron chi connectivity index (χ1n) is 7.27. The summed E-state index contributed by atoms with van der Waals surface area (Å²) in [6, 6.07) is 9.92. The van der Waals surface area contributed by atoms with E-state index in [9.17, 15) is 14.4 Å². The van der Waals surface area contributed by atoms with E-state index in [1.54, 1.807) is 30.3 Å². The minimum Gasteiger partial charge on any atom is -0.467 e. The zero-order valence-electron chi connectivity index (χ0n) is 13.4. The smallest absolute Gasteiger partial charge is 0.339 e. The summed E-state index contributed by atoms with van der Waals surface area (Å²) >= 11 is 0. The van der Waals surface area contributed by atoms with Crippen molar-refractivity contribution in [1.29, 1.82) is 0 Å². The molecule has 24 heavy (non-hydrogen) atoms. The van der Waals surface area contributed by atoms with Gasteiger partial charge in [-0.1, -0.05) is 12.1 Å². The van der Waals surface area contributed by atoms with Gasteiger partial charge >= 0.3 is 5.97 Å². The van der Waals surface area contributed by atoms with Crippen molar-refractivity contribution in [2.45, 2.75) is 13.5 Å². The van der Waals surface area contributed by atoms with E-state index in [-0.39, 0.29) is 30.5 Å². The lowest BCUT2D eigenvalue weighted by Crippen LogP contribution is -2.40. The summed E-state index contributed by atoms with van der Waals surface area (Å²) in [7, 11) is 1.26. The van der Waals surface area contributed by atoms with Gasteiger partial charge in [0.25, 0.3) is 0 Å². The fraction of sp³-hybridized carbons (Fsp3) is 0.235. The maximum atomic E-state index is 12.1. The van der Waals surface area contributed by atoms with Gasteiger partial charge in [0, 0.05) is 6.92 Å². The Labute approximate surface area is 139 Å². The highest BCUT2D eigenvalue weighted by Crippen LogP contribution is 2.21. The summed E-state index contributed by atoms with van der Waals surface area (Å²) in [6.07, 6.45) is 1.51. The van der Waals surface area contributed by atoms with Crippen LogP contribution in [0.1, 0.15) is 23.0 Å². The second kappa shape index (κ2) is 7.96. The van der Waals surface area contributed by atoms with Crippen LogP contribution in [0.3, 0.4) is 0 Å². The van der Waals surface area contributed by atoms with E-state index in [1.165, 1.54) is 31.3 Å². The minimum atomic E-state index is -0.576. The van der Waals surface area contributed by atoms with E-state index in [0.29, 0.717) is 11.4 Å². The number of carbonyl (C=O) groups is 3. The number of nitrogens with zero attached hydrogens (tertiary/aromatic N) is 1. The molecule has 0 fully saturated rings. The molecule has 7 heteroatoms. The molecule has 0 radical (unpaired) electrons. The highest BCUT2D eigenvalue weighted by Gasteiger charge is 2.21. The monoisotopic (exact) mass is 330 g/mol. The zero-order valence-corrected chi connectivity index (χ0v) is 13.4. The molecule has 1 N–H and O–H groups in total. The topological polar surface area (TPSA) is 88.8 Å². The van der Waals surface area contributed by atoms with Crippen molar-refractivity contribution >= 4 is 23.5 Å². The predicted octanol–water partition coefficient (Wildman–Crippen LogP) is 1.74. The molecule has 1 aromatic carbocycles. The van der Waals surface area contributed by atoms with Crippen LogP contribution < -0.4 is 10.2 Å². The third kappa shape index (κ3) is 4.22. The molecule has 7 nitrogen and oxygen atoms in total. The third-order valence-corrected chi connectivity index (χ3v) is 3.32. The Morgan fingerprint density at radius 1 is 1.17 bits per heavy atom. The fourth-order valence-electron chi connectivity index (χ4n) is 2.16. The van der Waals surface area contributed by atoms with Crippen molar-refractivity contribution in [3.8, 4) is 0 Å². The van der Waals surface area contributed by atoms with Gasteiger partial charge in [-0.15, -0.1) is 0 Å². The standard InChI is InChI=1S/C17H18N2O5/c1-12(20)19(11-16(21)18-10-13-6-5-9-24-13)15-8-4-3-7-14(15)17(22)23-2/h3-9H,10-11H2,1-2H3,(H,18,21). The Morgan fingerprint density at radius 2 is 1.92 bits per heavy atom. The van der Waals surface area contributed by atoms with Crippen LogP contribution in [0, 0.1) is 0 Å². The average molecular weight is 330 g/mol. The van der Waals surface area contributed by atoms with E-state index in [4.69, 9.17) is 9.15 Å². The van der Waals surface area contributed by atoms with E-state index >= 15 is 0 Å². The summed E-state index contributed by atoms with van der Waals surface area (Å²) in [6.45, 7) is 1.33. The molecule has 1 aromatic heterocycles. The molecule has 0 saturated carbocycles. The van der Waals surface area contributed by atoms with Gasteiger partial charge in [0.05, 0.1) is 31.2 Å². The van der Waals surface area contributed by atoms with Crippen LogP contribution in [0.25, 0.3) is 0 Å². The summed E-state index contributed by atoms with van der Waals surface area (Å²) < 4.78 is 9.85. The van der Waals surface area contributed by atoms with Crippen molar-refractivity contribution in [3.05, 3.63) is 54.0 Å². The van der Waals surface area contributed by atoms with E-state index in [1.807, 2.05) is 0 Å². The van der Waals surface area contributed by atoms with Crippen molar-refractivity contribution in [2.75, 3.05) is 18.6 Å². The van der Waals surface area contributed by atoms with E-state index in [0.717, 1.165) is 0 Å². The first kappa shape index (κ1) is 17.3. The number of nitrogens with one attached hydrogen (secondary N) is 1. The number of hydrogen-bond acceptors (Lipinski definition) is 5. The number of methoxy groups -OCH3 is 1. The normalized spacial score (nSPS) is 10.1. The number of carbonyl (C=O) groups excluding carboxylic acids is 3. The van der Waals surface area contributed by atoms with Crippen LogP contribution in [0.15, 0.2) is 47.1 Å². The van der Waals surface area contributed by atoms with Crippen LogP contribution in [-0.4, -0.2) is 31.4 Å². The SMILES string of the molecule is COC(=O)c1ccccc1N(CC(=O)NCc1ccco1)C(C)=O. The molecular formula is C17H18N2O5. The van der Waals surface area contributed by atoms with E-state index in [2.05, 4.69) is 5.32 Å². The first-order valence-corrected chi connectivity index (χ1v) is 7.27. The summed E-state index contributed by atoms with van der Waals surface area (Å²) in [4.78, 5) is 37.1. The van der Waals surface area contributed by atoms with Gasteiger partial charge < -0.3 is 19.4 Å². The Hall–Kier alpha value is -3.09. The summed E-state index contributed by atoms with van der Waals surface area (Å²) in [5.74, 6) is -0.707. The molecular weight excluding hydrogens is 312 g/mol. The highest BCUT2D eigenvalue weighted by molar-refractivity contribution is 6.04. The van der Waals surface area contributed by atoms with Gasteiger partial charge in [-0.2, -0.15) is 0 Å². The molecule has 2 rings (SSSR count). The van der Waals surface area contributed by atoms with Gasteiger partial charge in [0.1, 0.15) is 12.3 Å². The number of furan rings is 1. The first-order chi connectivity index (χ1) is 11.5. The second-order valence-electron chi connectivity index (χ2n) is 4.97. The van der Waals surface area contributed by atoms with Gasteiger partial charge in [-0.05, 0) is 24.3 Å². The van der Waals surface area contributed by atoms with Crippen LogP contribution >= 0.6 is 0 Å². The number of amides is 2. The summed E-state index contributed by atoms with van der Waals surface area (Å²) in [5.41, 5.74) is 0.541. The third-order valence-electron chi connectivity index (χ3n) is 3.32. The number of rotatable bonds is 6. The Bertz CT molecular complexity index is 724. The van der Waals surface area contributed by atoms with Crippen LogP contribution in [0.2, 0.25) is 0 Å². The maximum absolute atomic E-state index is 12.1. The predicted molar refractivity (Wildman–Crippen MR) is 86.4 cm³/mol. The van der Waals surface area contributed by atoms with E-state index < -0.39 is 5.97 Å². The molecule has 0 unspecified atom stereocenters. The van der Waals surface area contributed by atoms with Gasteiger partial charge in [0.2, 0.25) is 11.8 Å². The van der Waals surface area contributed by atoms with Crippen molar-refractivity contribution in [2.24, 2.45) is 0 Å². The molecule has 0 bridgehead atoms. The Kier molecular flexibility index (Phi) is 5.73. The number of benzene rings is 1. The fourth-order valence-corrected chi connectivity index (χ4v) is 2.16. The molecule has 126 valence electrons. The Morgan fingerprint density at radius 3 is 2.54 bits per heavy atom. The number of ether oxygens (including phenoxy) is 1. The number of para-hydroxylation sites is 1. The molecule has 0 spiro atoms. The molecule has 1 heterocycles. The van der Waals surface area contributed by atoms with Gasteiger partial charge in [0.15, 0.2) is 0 Å². The van der Waals surface area contributed by atoms with Crippen LogP contribution in [-0.2, 0) is 20.9 Å². The lowest BCUT2D eigenvalue weighted by Gasteiger charge is -2.22. The number of esters is 1. The molecule has 0 saturated heterocycles. The molecule has 0 aliphatic rings. The van der Waals surface area contributed by atoms with Crippen LogP contribution in [0.5, 0.6) is 0 Å².